The van der Waals surface area contributed by atoms with E-state index in [4.69, 9.17) is 9.31 Å². The predicted octanol–water partition coefficient (Wildman–Crippen LogP) is 2.89. The van der Waals surface area contributed by atoms with Gasteiger partial charge >= 0.3 is 7.12 Å². The average Bonchev–Trinajstić information content (AvgIpc) is 3.01. The maximum absolute atomic E-state index is 14.6. The van der Waals surface area contributed by atoms with Crippen LogP contribution < -0.4 is 5.46 Å². The van der Waals surface area contributed by atoms with Crippen molar-refractivity contribution in [2.24, 2.45) is 0 Å². The highest BCUT2D eigenvalue weighted by atomic mass is 19.1. The van der Waals surface area contributed by atoms with Crippen LogP contribution in [0.15, 0.2) is 12.1 Å². The summed E-state index contributed by atoms with van der Waals surface area (Å²) in [5.41, 5.74) is -1.58. The fraction of sp³-hybridized carbons (Fsp3) is 0.611. The number of halogens is 2. The maximum atomic E-state index is 14.6. The van der Waals surface area contributed by atoms with Crippen molar-refractivity contribution in [3.05, 3.63) is 29.3 Å². The Morgan fingerprint density at radius 1 is 1.16 bits per heavy atom. The number of rotatable bonds is 2. The quantitative estimate of drug-likeness (QED) is 0.770. The van der Waals surface area contributed by atoms with E-state index in [1.807, 2.05) is 34.6 Å². The Balaban J connectivity index is 1.90. The van der Waals surface area contributed by atoms with Crippen LogP contribution in [0.1, 0.15) is 57.8 Å². The first-order valence-corrected chi connectivity index (χ1v) is 8.69. The average molecular weight is 351 g/mol. The zero-order valence-corrected chi connectivity index (χ0v) is 15.4. The molecule has 4 nitrogen and oxygen atoms in total. The number of amides is 1. The van der Waals surface area contributed by atoms with Crippen molar-refractivity contribution in [2.75, 3.05) is 6.54 Å². The molecule has 1 aromatic rings. The van der Waals surface area contributed by atoms with Crippen molar-refractivity contribution >= 4 is 18.5 Å². The van der Waals surface area contributed by atoms with Gasteiger partial charge in [-0.25, -0.2) is 8.78 Å². The Labute approximate surface area is 147 Å². The second kappa shape index (κ2) is 6.06. The van der Waals surface area contributed by atoms with E-state index in [9.17, 15) is 13.6 Å². The van der Waals surface area contributed by atoms with Crippen molar-refractivity contribution in [1.82, 2.24) is 4.90 Å². The van der Waals surface area contributed by atoms with Gasteiger partial charge in [0.1, 0.15) is 11.6 Å². The van der Waals surface area contributed by atoms with E-state index in [-0.39, 0.29) is 17.1 Å². The minimum Gasteiger partial charge on any atom is -0.399 e. The van der Waals surface area contributed by atoms with Gasteiger partial charge < -0.3 is 14.2 Å². The SMILES string of the molecule is C[C@H]1CCCN1C(=O)c1cc(F)c(B2OC(C)(C)C(C)(C)O2)cc1F. The predicted molar refractivity (Wildman–Crippen MR) is 91.8 cm³/mol. The third-order valence-electron chi connectivity index (χ3n) is 5.64. The number of hydrogen-bond donors (Lipinski definition) is 0. The lowest BCUT2D eigenvalue weighted by Crippen LogP contribution is -2.41. The van der Waals surface area contributed by atoms with Crippen molar-refractivity contribution in [2.45, 2.75) is 64.7 Å². The number of benzene rings is 1. The van der Waals surface area contributed by atoms with Crippen LogP contribution >= 0.6 is 0 Å². The molecule has 25 heavy (non-hydrogen) atoms. The third-order valence-corrected chi connectivity index (χ3v) is 5.64. The molecular formula is C18H24BF2NO3. The summed E-state index contributed by atoms with van der Waals surface area (Å²) in [7, 11) is -1.01. The van der Waals surface area contributed by atoms with Crippen LogP contribution in [0, 0.1) is 11.6 Å². The van der Waals surface area contributed by atoms with E-state index in [0.717, 1.165) is 25.0 Å². The summed E-state index contributed by atoms with van der Waals surface area (Å²) < 4.78 is 40.8. The highest BCUT2D eigenvalue weighted by molar-refractivity contribution is 6.62. The molecule has 2 aliphatic heterocycles. The van der Waals surface area contributed by atoms with Gasteiger partial charge in [-0.3, -0.25) is 4.79 Å². The Hall–Kier alpha value is -1.47. The lowest BCUT2D eigenvalue weighted by Gasteiger charge is -2.32. The second-order valence-corrected chi connectivity index (χ2v) is 7.93. The van der Waals surface area contributed by atoms with E-state index < -0.39 is 35.9 Å². The summed E-state index contributed by atoms with van der Waals surface area (Å²) in [5.74, 6) is -1.92. The Morgan fingerprint density at radius 2 is 1.76 bits per heavy atom. The van der Waals surface area contributed by atoms with Gasteiger partial charge in [-0.2, -0.15) is 0 Å². The highest BCUT2D eigenvalue weighted by Gasteiger charge is 2.52. The minimum atomic E-state index is -1.01. The van der Waals surface area contributed by atoms with Crippen LogP contribution in [0.3, 0.4) is 0 Å². The van der Waals surface area contributed by atoms with Gasteiger partial charge in [0.2, 0.25) is 0 Å². The molecule has 0 bridgehead atoms. The Bertz CT molecular complexity index is 692. The van der Waals surface area contributed by atoms with Crippen molar-refractivity contribution < 1.29 is 22.9 Å². The number of carbonyl (C=O) groups is 1. The number of carbonyl (C=O) groups excluding carboxylic acids is 1. The molecule has 2 saturated heterocycles. The smallest absolute Gasteiger partial charge is 0.399 e. The molecule has 1 aromatic carbocycles. The highest BCUT2D eigenvalue weighted by Crippen LogP contribution is 2.36. The molecule has 7 heteroatoms. The van der Waals surface area contributed by atoms with Crippen LogP contribution in [-0.2, 0) is 9.31 Å². The van der Waals surface area contributed by atoms with Crippen LogP contribution in [0.5, 0.6) is 0 Å². The first-order valence-electron chi connectivity index (χ1n) is 8.69. The van der Waals surface area contributed by atoms with E-state index in [0.29, 0.717) is 6.54 Å². The molecule has 0 spiro atoms. The summed E-state index contributed by atoms with van der Waals surface area (Å²) >= 11 is 0. The van der Waals surface area contributed by atoms with E-state index in [2.05, 4.69) is 0 Å². The first kappa shape index (κ1) is 18.3. The summed E-state index contributed by atoms with van der Waals surface area (Å²) in [6.45, 7) is 9.85. The standard InChI is InChI=1S/C18H24BF2NO3/c1-11-7-6-8-22(11)16(23)12-9-15(21)13(10-14(12)20)19-24-17(2,3)18(4,5)25-19/h9-11H,6-8H2,1-5H3/t11-/m0/s1. The molecule has 2 fully saturated rings. The lowest BCUT2D eigenvalue weighted by molar-refractivity contribution is 0.00578. The van der Waals surface area contributed by atoms with E-state index in [1.54, 1.807) is 4.90 Å². The van der Waals surface area contributed by atoms with E-state index in [1.165, 1.54) is 0 Å². The number of hydrogen-bond acceptors (Lipinski definition) is 3. The molecule has 0 aliphatic carbocycles. The molecule has 136 valence electrons. The fourth-order valence-electron chi connectivity index (χ4n) is 3.27. The van der Waals surface area contributed by atoms with Crippen molar-refractivity contribution in [3.8, 4) is 0 Å². The van der Waals surface area contributed by atoms with Gasteiger partial charge in [-0.15, -0.1) is 0 Å². The lowest BCUT2D eigenvalue weighted by atomic mass is 9.78. The second-order valence-electron chi connectivity index (χ2n) is 7.93. The summed E-state index contributed by atoms with van der Waals surface area (Å²) in [4.78, 5) is 14.1. The zero-order chi connectivity index (χ0) is 18.6. The van der Waals surface area contributed by atoms with Gasteiger partial charge in [0.15, 0.2) is 0 Å². The Kier molecular flexibility index (Phi) is 4.44. The number of nitrogens with zero attached hydrogens (tertiary/aromatic N) is 1. The molecule has 3 rings (SSSR count). The van der Waals surface area contributed by atoms with Crippen molar-refractivity contribution in [3.63, 3.8) is 0 Å². The van der Waals surface area contributed by atoms with Gasteiger partial charge in [0.25, 0.3) is 5.91 Å². The van der Waals surface area contributed by atoms with Gasteiger partial charge in [-0.1, -0.05) is 0 Å². The largest absolute Gasteiger partial charge is 0.497 e. The third kappa shape index (κ3) is 3.08. The first-order chi connectivity index (χ1) is 11.5. The van der Waals surface area contributed by atoms with Crippen LogP contribution in [0.25, 0.3) is 0 Å². The fourth-order valence-corrected chi connectivity index (χ4v) is 3.27. The molecule has 1 atom stereocenters. The monoisotopic (exact) mass is 351 g/mol. The van der Waals surface area contributed by atoms with Crippen LogP contribution in [-0.4, -0.2) is 41.7 Å². The summed E-state index contributed by atoms with van der Waals surface area (Å²) in [6.07, 6.45) is 1.75. The van der Waals surface area contributed by atoms with Crippen LogP contribution in [0.2, 0.25) is 0 Å². The van der Waals surface area contributed by atoms with Gasteiger partial charge in [0, 0.05) is 18.0 Å². The molecular weight excluding hydrogens is 327 g/mol. The molecule has 1 amide bonds. The molecule has 0 radical (unpaired) electrons. The molecule has 2 heterocycles. The van der Waals surface area contributed by atoms with Crippen molar-refractivity contribution in [1.29, 1.82) is 0 Å². The maximum Gasteiger partial charge on any atom is 0.497 e. The molecule has 0 aromatic heterocycles. The zero-order valence-electron chi connectivity index (χ0n) is 15.4. The summed E-state index contributed by atoms with van der Waals surface area (Å²) in [6, 6.07) is 2.02. The Morgan fingerprint density at radius 3 is 2.28 bits per heavy atom. The van der Waals surface area contributed by atoms with Gasteiger partial charge in [0.05, 0.1) is 16.8 Å². The van der Waals surface area contributed by atoms with Gasteiger partial charge in [-0.05, 0) is 59.6 Å². The molecule has 2 aliphatic rings. The number of likely N-dealkylation sites (tertiary alicyclic amines) is 1. The topological polar surface area (TPSA) is 38.8 Å². The summed E-state index contributed by atoms with van der Waals surface area (Å²) in [5, 5.41) is 0. The minimum absolute atomic E-state index is 0.0258. The molecule has 0 unspecified atom stereocenters. The molecule has 0 N–H and O–H groups in total. The van der Waals surface area contributed by atoms with E-state index >= 15 is 0 Å². The normalized spacial score (nSPS) is 24.8. The van der Waals surface area contributed by atoms with Crippen LogP contribution in [0.4, 0.5) is 8.78 Å². The molecule has 0 saturated carbocycles.